The maximum Gasteiger partial charge on any atom is 0.231 e. The van der Waals surface area contributed by atoms with Gasteiger partial charge in [-0.25, -0.2) is 0 Å². The molecule has 0 aromatic heterocycles. The largest absolute Gasteiger partial charge is 0.497 e. The van der Waals surface area contributed by atoms with Crippen LogP contribution in [0.4, 0.5) is 0 Å². The van der Waals surface area contributed by atoms with Crippen molar-refractivity contribution >= 4 is 11.7 Å². The van der Waals surface area contributed by atoms with Crippen LogP contribution in [0, 0.1) is 0 Å². The van der Waals surface area contributed by atoms with Crippen molar-refractivity contribution in [2.75, 3.05) is 13.7 Å². The number of carbonyl (C=O) groups excluding carboxylic acids is 2. The Balaban J connectivity index is 2.10. The summed E-state index contributed by atoms with van der Waals surface area (Å²) >= 11 is 0. The number of Topliss-reactive ketones (excluding diaryl/α,β-unsaturated/α-hetero) is 1. The van der Waals surface area contributed by atoms with E-state index < -0.39 is 5.41 Å². The van der Waals surface area contributed by atoms with Crippen molar-refractivity contribution in [1.29, 1.82) is 0 Å². The first kappa shape index (κ1) is 12.2. The van der Waals surface area contributed by atoms with E-state index in [4.69, 9.17) is 4.74 Å². The summed E-state index contributed by atoms with van der Waals surface area (Å²) in [6.45, 7) is 0.173. The molecule has 1 aromatic rings. The minimum absolute atomic E-state index is 0.00165. The van der Waals surface area contributed by atoms with Crippen LogP contribution in [0.2, 0.25) is 0 Å². The number of hydrogen-bond donors (Lipinski definition) is 1. The van der Waals surface area contributed by atoms with E-state index >= 15 is 0 Å². The van der Waals surface area contributed by atoms with Crippen molar-refractivity contribution in [2.24, 2.45) is 0 Å². The number of aryl methyl sites for hydroxylation is 1. The topological polar surface area (TPSA) is 55.4 Å². The number of methoxy groups -OCH3 is 1. The average molecular weight is 259 g/mol. The molecule has 0 radical (unpaired) electrons. The molecule has 1 saturated heterocycles. The van der Waals surface area contributed by atoms with Gasteiger partial charge in [-0.15, -0.1) is 0 Å². The third kappa shape index (κ3) is 1.82. The lowest BCUT2D eigenvalue weighted by molar-refractivity contribution is -0.136. The van der Waals surface area contributed by atoms with E-state index in [1.54, 1.807) is 7.11 Å². The van der Waals surface area contributed by atoms with Gasteiger partial charge in [0, 0.05) is 6.42 Å². The van der Waals surface area contributed by atoms with Gasteiger partial charge in [0.25, 0.3) is 0 Å². The lowest BCUT2D eigenvalue weighted by Crippen LogP contribution is -2.54. The lowest BCUT2D eigenvalue weighted by Gasteiger charge is -2.40. The van der Waals surface area contributed by atoms with Crippen LogP contribution in [0.3, 0.4) is 0 Å². The van der Waals surface area contributed by atoms with Crippen molar-refractivity contribution < 1.29 is 14.3 Å². The van der Waals surface area contributed by atoms with Crippen LogP contribution in [-0.2, 0) is 21.4 Å². The molecule has 1 aliphatic carbocycles. The zero-order valence-corrected chi connectivity index (χ0v) is 11.0. The Labute approximate surface area is 112 Å². The van der Waals surface area contributed by atoms with Gasteiger partial charge in [0.1, 0.15) is 5.75 Å². The Hall–Kier alpha value is -1.84. The van der Waals surface area contributed by atoms with Gasteiger partial charge in [-0.3, -0.25) is 9.59 Å². The van der Waals surface area contributed by atoms with Gasteiger partial charge in [-0.2, -0.15) is 0 Å². The second-order valence-electron chi connectivity index (χ2n) is 5.36. The van der Waals surface area contributed by atoms with E-state index in [9.17, 15) is 9.59 Å². The molecule has 1 N–H and O–H groups in total. The minimum atomic E-state index is -0.644. The third-order valence-corrected chi connectivity index (χ3v) is 4.26. The standard InChI is InChI=1S/C15H17NO3/c1-19-12-4-5-13-10(7-12)3-2-6-15(13)8-11(17)9-16-14(15)18/h4-5,7H,2-3,6,8-9H2,1H3,(H,16,18). The van der Waals surface area contributed by atoms with E-state index in [2.05, 4.69) is 5.32 Å². The monoisotopic (exact) mass is 259 g/mol. The van der Waals surface area contributed by atoms with Crippen molar-refractivity contribution in [3.05, 3.63) is 29.3 Å². The smallest absolute Gasteiger partial charge is 0.231 e. The maximum absolute atomic E-state index is 12.3. The molecule has 1 fully saturated rings. The maximum atomic E-state index is 12.3. The SMILES string of the molecule is COc1ccc2c(c1)CCCC21CC(=O)CNC1=O. The van der Waals surface area contributed by atoms with Crippen molar-refractivity contribution in [3.63, 3.8) is 0 Å². The van der Waals surface area contributed by atoms with Crippen molar-refractivity contribution in [3.8, 4) is 5.75 Å². The Morgan fingerprint density at radius 1 is 1.32 bits per heavy atom. The number of amides is 1. The second-order valence-corrected chi connectivity index (χ2v) is 5.36. The summed E-state index contributed by atoms with van der Waals surface area (Å²) in [5.41, 5.74) is 1.50. The quantitative estimate of drug-likeness (QED) is 0.828. The Kier molecular flexibility index (Phi) is 2.81. The van der Waals surface area contributed by atoms with Gasteiger partial charge < -0.3 is 10.1 Å². The molecule has 19 heavy (non-hydrogen) atoms. The van der Waals surface area contributed by atoms with Gasteiger partial charge in [0.2, 0.25) is 5.91 Å². The van der Waals surface area contributed by atoms with Gasteiger partial charge in [-0.05, 0) is 42.5 Å². The minimum Gasteiger partial charge on any atom is -0.497 e. The zero-order valence-electron chi connectivity index (χ0n) is 11.0. The fourth-order valence-electron chi connectivity index (χ4n) is 3.33. The van der Waals surface area contributed by atoms with Crippen LogP contribution in [0.5, 0.6) is 5.75 Å². The average Bonchev–Trinajstić information content (AvgIpc) is 2.43. The highest BCUT2D eigenvalue weighted by Crippen LogP contribution is 2.42. The van der Waals surface area contributed by atoms with Crippen LogP contribution in [0.1, 0.15) is 30.4 Å². The van der Waals surface area contributed by atoms with Crippen LogP contribution >= 0.6 is 0 Å². The summed E-state index contributed by atoms with van der Waals surface area (Å²) in [4.78, 5) is 24.1. The summed E-state index contributed by atoms with van der Waals surface area (Å²) in [6, 6.07) is 5.81. The van der Waals surface area contributed by atoms with Crippen LogP contribution in [0.25, 0.3) is 0 Å². The van der Waals surface area contributed by atoms with E-state index in [1.807, 2.05) is 18.2 Å². The number of ether oxygens (including phenoxy) is 1. The molecule has 4 nitrogen and oxygen atoms in total. The molecule has 100 valence electrons. The molecule has 1 aromatic carbocycles. The molecule has 2 aliphatic rings. The Morgan fingerprint density at radius 2 is 2.16 bits per heavy atom. The van der Waals surface area contributed by atoms with Gasteiger partial charge in [0.05, 0.1) is 19.1 Å². The molecule has 1 unspecified atom stereocenters. The first-order valence-electron chi connectivity index (χ1n) is 6.63. The lowest BCUT2D eigenvalue weighted by atomic mass is 9.65. The predicted octanol–water partition coefficient (Wildman–Crippen LogP) is 1.36. The number of nitrogens with one attached hydrogen (secondary N) is 1. The van der Waals surface area contributed by atoms with E-state index in [0.717, 1.165) is 36.1 Å². The molecule has 4 heteroatoms. The summed E-state index contributed by atoms with van der Waals surface area (Å²) in [6.07, 6.45) is 2.96. The van der Waals surface area contributed by atoms with E-state index in [0.29, 0.717) is 6.42 Å². The number of benzene rings is 1. The summed E-state index contributed by atoms with van der Waals surface area (Å²) in [7, 11) is 1.64. The molecular formula is C15H17NO3. The Morgan fingerprint density at radius 3 is 2.95 bits per heavy atom. The number of carbonyl (C=O) groups is 2. The third-order valence-electron chi connectivity index (χ3n) is 4.26. The highest BCUT2D eigenvalue weighted by atomic mass is 16.5. The first-order valence-corrected chi connectivity index (χ1v) is 6.63. The highest BCUT2D eigenvalue weighted by molar-refractivity contribution is 6.00. The fourth-order valence-corrected chi connectivity index (χ4v) is 3.33. The number of rotatable bonds is 1. The van der Waals surface area contributed by atoms with Gasteiger partial charge in [0.15, 0.2) is 5.78 Å². The molecule has 1 spiro atoms. The number of ketones is 1. The molecule has 1 heterocycles. The number of piperidine rings is 1. The van der Waals surface area contributed by atoms with Crippen LogP contribution in [-0.4, -0.2) is 25.3 Å². The van der Waals surface area contributed by atoms with Crippen LogP contribution in [0.15, 0.2) is 18.2 Å². The molecule has 1 amide bonds. The first-order chi connectivity index (χ1) is 9.15. The summed E-state index contributed by atoms with van der Waals surface area (Å²) in [5, 5.41) is 2.74. The van der Waals surface area contributed by atoms with Crippen molar-refractivity contribution in [1.82, 2.24) is 5.32 Å². The normalized spacial score (nSPS) is 25.9. The number of fused-ring (bicyclic) bond motifs is 2. The molecule has 0 bridgehead atoms. The second kappa shape index (κ2) is 4.37. The number of hydrogen-bond acceptors (Lipinski definition) is 3. The van der Waals surface area contributed by atoms with E-state index in [1.165, 1.54) is 0 Å². The molecular weight excluding hydrogens is 242 g/mol. The van der Waals surface area contributed by atoms with Crippen LogP contribution < -0.4 is 10.1 Å². The van der Waals surface area contributed by atoms with Crippen molar-refractivity contribution in [2.45, 2.75) is 31.1 Å². The Bertz CT molecular complexity index is 552. The van der Waals surface area contributed by atoms with Gasteiger partial charge in [-0.1, -0.05) is 6.07 Å². The molecule has 1 atom stereocenters. The van der Waals surface area contributed by atoms with Gasteiger partial charge >= 0.3 is 0 Å². The fraction of sp³-hybridized carbons (Fsp3) is 0.467. The predicted molar refractivity (Wildman–Crippen MR) is 70.2 cm³/mol. The zero-order chi connectivity index (χ0) is 13.5. The summed E-state index contributed by atoms with van der Waals surface area (Å²) in [5.74, 6) is 0.917. The molecule has 1 aliphatic heterocycles. The highest BCUT2D eigenvalue weighted by Gasteiger charge is 2.47. The molecule has 0 saturated carbocycles. The molecule has 3 rings (SSSR count). The summed E-state index contributed by atoms with van der Waals surface area (Å²) < 4.78 is 5.24. The van der Waals surface area contributed by atoms with E-state index in [-0.39, 0.29) is 18.2 Å².